The molecule has 1 aromatic heterocycles. The highest BCUT2D eigenvalue weighted by Crippen LogP contribution is 2.23. The first-order valence-electron chi connectivity index (χ1n) is 6.67. The Morgan fingerprint density at radius 3 is 3.17 bits per heavy atom. The molecule has 4 nitrogen and oxygen atoms in total. The molecule has 18 heavy (non-hydrogen) atoms. The smallest absolute Gasteiger partial charge is 0.109 e. The molecule has 5 heteroatoms. The highest BCUT2D eigenvalue weighted by molar-refractivity contribution is 7.09. The third-order valence-corrected chi connectivity index (χ3v) is 4.50. The summed E-state index contributed by atoms with van der Waals surface area (Å²) in [7, 11) is 1.76. The van der Waals surface area contributed by atoms with Gasteiger partial charge in [0.1, 0.15) is 5.01 Å². The van der Waals surface area contributed by atoms with Crippen molar-refractivity contribution in [2.24, 2.45) is 0 Å². The van der Waals surface area contributed by atoms with Crippen LogP contribution < -0.4 is 5.32 Å². The fourth-order valence-electron chi connectivity index (χ4n) is 2.44. The highest BCUT2D eigenvalue weighted by atomic mass is 32.1. The van der Waals surface area contributed by atoms with Crippen LogP contribution in [0.2, 0.25) is 0 Å². The Kier molecular flexibility index (Phi) is 5.56. The zero-order valence-corrected chi connectivity index (χ0v) is 12.1. The number of nitrogens with one attached hydrogen (secondary N) is 1. The van der Waals surface area contributed by atoms with Gasteiger partial charge in [0, 0.05) is 37.8 Å². The molecule has 2 heterocycles. The maximum Gasteiger partial charge on any atom is 0.109 e. The van der Waals surface area contributed by atoms with Gasteiger partial charge >= 0.3 is 0 Å². The number of hydrogen-bond donors (Lipinski definition) is 1. The van der Waals surface area contributed by atoms with E-state index in [4.69, 9.17) is 4.74 Å². The second kappa shape index (κ2) is 7.19. The summed E-state index contributed by atoms with van der Waals surface area (Å²) in [5, 5.41) is 6.81. The molecule has 0 aromatic carbocycles. The number of methoxy groups -OCH3 is 1. The molecular weight excluding hydrogens is 246 g/mol. The van der Waals surface area contributed by atoms with Gasteiger partial charge in [-0.15, -0.1) is 11.3 Å². The van der Waals surface area contributed by atoms with Gasteiger partial charge in [0.05, 0.1) is 12.6 Å². The standard InChI is InChI=1S/C13H23N3OS/c1-11(13-15-6-9-18-13)16(7-8-17-2)10-12-4-3-5-14-12/h6,9,11-12,14H,3-5,7-8,10H2,1-2H3. The molecule has 1 fully saturated rings. The minimum atomic E-state index is 0.377. The molecule has 1 N–H and O–H groups in total. The first-order valence-corrected chi connectivity index (χ1v) is 7.55. The molecule has 2 rings (SSSR count). The van der Waals surface area contributed by atoms with E-state index >= 15 is 0 Å². The van der Waals surface area contributed by atoms with Crippen LogP contribution in [-0.4, -0.2) is 49.3 Å². The van der Waals surface area contributed by atoms with Crippen LogP contribution in [0.1, 0.15) is 30.8 Å². The van der Waals surface area contributed by atoms with E-state index in [1.54, 1.807) is 18.4 Å². The van der Waals surface area contributed by atoms with E-state index in [1.807, 2.05) is 11.6 Å². The van der Waals surface area contributed by atoms with Gasteiger partial charge in [0.2, 0.25) is 0 Å². The number of aromatic nitrogens is 1. The molecule has 0 aliphatic carbocycles. The second-order valence-electron chi connectivity index (χ2n) is 4.83. The first kappa shape index (κ1) is 13.9. The van der Waals surface area contributed by atoms with Crippen molar-refractivity contribution in [3.63, 3.8) is 0 Å². The Bertz CT molecular complexity index is 325. The fourth-order valence-corrected chi connectivity index (χ4v) is 3.17. The summed E-state index contributed by atoms with van der Waals surface area (Å²) in [4.78, 5) is 6.91. The van der Waals surface area contributed by atoms with Gasteiger partial charge in [0.25, 0.3) is 0 Å². The second-order valence-corrected chi connectivity index (χ2v) is 5.75. The minimum Gasteiger partial charge on any atom is -0.383 e. The predicted molar refractivity (Wildman–Crippen MR) is 75.0 cm³/mol. The summed E-state index contributed by atoms with van der Waals surface area (Å²) in [6.45, 7) is 6.24. The van der Waals surface area contributed by atoms with Crippen LogP contribution in [0, 0.1) is 0 Å². The van der Waals surface area contributed by atoms with E-state index in [0.29, 0.717) is 12.1 Å². The summed E-state index contributed by atoms with van der Waals surface area (Å²) < 4.78 is 5.23. The lowest BCUT2D eigenvalue weighted by Crippen LogP contribution is -2.40. The Balaban J connectivity index is 1.94. The lowest BCUT2D eigenvalue weighted by molar-refractivity contribution is 0.118. The van der Waals surface area contributed by atoms with Crippen molar-refractivity contribution in [1.82, 2.24) is 15.2 Å². The number of thiazole rings is 1. The van der Waals surface area contributed by atoms with Crippen molar-refractivity contribution >= 4 is 11.3 Å². The van der Waals surface area contributed by atoms with Crippen LogP contribution in [0.25, 0.3) is 0 Å². The van der Waals surface area contributed by atoms with Crippen molar-refractivity contribution in [2.75, 3.05) is 33.4 Å². The van der Waals surface area contributed by atoms with Crippen molar-refractivity contribution in [3.05, 3.63) is 16.6 Å². The molecule has 1 aliphatic heterocycles. The topological polar surface area (TPSA) is 37.4 Å². The average Bonchev–Trinajstić information content (AvgIpc) is 3.06. The van der Waals surface area contributed by atoms with Gasteiger partial charge in [-0.3, -0.25) is 4.90 Å². The van der Waals surface area contributed by atoms with Crippen molar-refractivity contribution < 1.29 is 4.74 Å². The normalized spacial score (nSPS) is 21.6. The molecule has 2 unspecified atom stereocenters. The summed E-state index contributed by atoms with van der Waals surface area (Å²) in [5.74, 6) is 0. The molecule has 0 spiro atoms. The minimum absolute atomic E-state index is 0.377. The van der Waals surface area contributed by atoms with E-state index in [0.717, 1.165) is 26.2 Å². The molecule has 0 amide bonds. The van der Waals surface area contributed by atoms with E-state index in [-0.39, 0.29) is 0 Å². The summed E-state index contributed by atoms with van der Waals surface area (Å²) in [6.07, 6.45) is 4.47. The van der Waals surface area contributed by atoms with E-state index in [9.17, 15) is 0 Å². The monoisotopic (exact) mass is 269 g/mol. The molecule has 1 aliphatic rings. The van der Waals surface area contributed by atoms with Crippen LogP contribution in [0.3, 0.4) is 0 Å². The SMILES string of the molecule is COCCN(CC1CCCN1)C(C)c1nccs1. The predicted octanol–water partition coefficient (Wildman–Crippen LogP) is 1.90. The van der Waals surface area contributed by atoms with Crippen molar-refractivity contribution in [2.45, 2.75) is 31.8 Å². The molecule has 0 saturated carbocycles. The molecular formula is C13H23N3OS. The van der Waals surface area contributed by atoms with E-state index < -0.39 is 0 Å². The molecule has 0 bridgehead atoms. The number of ether oxygens (including phenoxy) is 1. The summed E-state index contributed by atoms with van der Waals surface area (Å²) >= 11 is 1.74. The van der Waals surface area contributed by atoms with E-state index in [2.05, 4.69) is 22.1 Å². The Morgan fingerprint density at radius 2 is 2.56 bits per heavy atom. The fraction of sp³-hybridized carbons (Fsp3) is 0.769. The van der Waals surface area contributed by atoms with Gasteiger partial charge in [-0.05, 0) is 26.3 Å². The highest BCUT2D eigenvalue weighted by Gasteiger charge is 2.23. The van der Waals surface area contributed by atoms with Crippen molar-refractivity contribution in [3.8, 4) is 0 Å². The average molecular weight is 269 g/mol. The zero-order valence-electron chi connectivity index (χ0n) is 11.3. The lowest BCUT2D eigenvalue weighted by atomic mass is 10.2. The lowest BCUT2D eigenvalue weighted by Gasteiger charge is -2.30. The van der Waals surface area contributed by atoms with Crippen LogP contribution in [0.4, 0.5) is 0 Å². The van der Waals surface area contributed by atoms with Crippen molar-refractivity contribution in [1.29, 1.82) is 0 Å². The molecule has 1 saturated heterocycles. The third kappa shape index (κ3) is 3.75. The number of nitrogens with zero attached hydrogens (tertiary/aromatic N) is 2. The Labute approximate surface area is 113 Å². The van der Waals surface area contributed by atoms with E-state index in [1.165, 1.54) is 17.8 Å². The Morgan fingerprint density at radius 1 is 1.67 bits per heavy atom. The summed E-state index contributed by atoms with van der Waals surface area (Å²) in [5.41, 5.74) is 0. The van der Waals surface area contributed by atoms with Crippen LogP contribution >= 0.6 is 11.3 Å². The molecule has 1 aromatic rings. The third-order valence-electron chi connectivity index (χ3n) is 3.56. The van der Waals surface area contributed by atoms with Crippen LogP contribution in [0.15, 0.2) is 11.6 Å². The number of hydrogen-bond acceptors (Lipinski definition) is 5. The maximum atomic E-state index is 5.23. The van der Waals surface area contributed by atoms with Gasteiger partial charge < -0.3 is 10.1 Å². The Hall–Kier alpha value is -0.490. The molecule has 102 valence electrons. The number of rotatable bonds is 7. The molecule has 0 radical (unpaired) electrons. The van der Waals surface area contributed by atoms with Crippen LogP contribution in [-0.2, 0) is 4.74 Å². The largest absolute Gasteiger partial charge is 0.383 e. The van der Waals surface area contributed by atoms with Gasteiger partial charge in [-0.1, -0.05) is 0 Å². The van der Waals surface area contributed by atoms with Gasteiger partial charge in [-0.25, -0.2) is 4.98 Å². The van der Waals surface area contributed by atoms with Gasteiger partial charge in [-0.2, -0.15) is 0 Å². The summed E-state index contributed by atoms with van der Waals surface area (Å²) in [6, 6.07) is 1.01. The van der Waals surface area contributed by atoms with Gasteiger partial charge in [0.15, 0.2) is 0 Å². The first-order chi connectivity index (χ1) is 8.81. The zero-order chi connectivity index (χ0) is 12.8. The maximum absolute atomic E-state index is 5.23. The quantitative estimate of drug-likeness (QED) is 0.820. The van der Waals surface area contributed by atoms with Crippen LogP contribution in [0.5, 0.6) is 0 Å². The molecule has 2 atom stereocenters.